The van der Waals surface area contributed by atoms with Gasteiger partial charge in [-0.2, -0.15) is 0 Å². The lowest BCUT2D eigenvalue weighted by Crippen LogP contribution is -2.49. The quantitative estimate of drug-likeness (QED) is 0.915. The Labute approximate surface area is 128 Å². The molecule has 1 aliphatic heterocycles. The van der Waals surface area contributed by atoms with Crippen LogP contribution in [0.5, 0.6) is 0 Å². The maximum absolute atomic E-state index is 12.5. The first-order chi connectivity index (χ1) is 10.1. The zero-order valence-electron chi connectivity index (χ0n) is 12.1. The molecule has 21 heavy (non-hydrogen) atoms. The summed E-state index contributed by atoms with van der Waals surface area (Å²) in [7, 11) is 4.04. The monoisotopic (exact) mass is 307 g/mol. The predicted molar refractivity (Wildman–Crippen MR) is 80.3 cm³/mol. The standard InChI is InChI=1S/C14H18ClN5O/c1-18-5-6-20(14(21)11-7-10(15)8-17-11)9-12(18)13-16-3-4-19(13)2/h3-4,7-8,12,17H,5-6,9H2,1-2H3. The Morgan fingerprint density at radius 3 is 2.86 bits per heavy atom. The molecule has 1 N–H and O–H groups in total. The molecule has 2 aromatic rings. The van der Waals surface area contributed by atoms with Gasteiger partial charge in [0.2, 0.25) is 0 Å². The van der Waals surface area contributed by atoms with Gasteiger partial charge in [0, 0.05) is 45.3 Å². The second-order valence-electron chi connectivity index (χ2n) is 5.38. The van der Waals surface area contributed by atoms with Gasteiger partial charge in [-0.15, -0.1) is 0 Å². The van der Waals surface area contributed by atoms with Crippen molar-refractivity contribution in [3.8, 4) is 0 Å². The summed E-state index contributed by atoms with van der Waals surface area (Å²) in [5, 5.41) is 0.549. The van der Waals surface area contributed by atoms with E-state index in [4.69, 9.17) is 11.6 Å². The molecular weight excluding hydrogens is 290 g/mol. The fraction of sp³-hybridized carbons (Fsp3) is 0.429. The average Bonchev–Trinajstić information content (AvgIpc) is 3.07. The van der Waals surface area contributed by atoms with Crippen molar-refractivity contribution < 1.29 is 4.79 Å². The number of carbonyl (C=O) groups excluding carboxylic acids is 1. The lowest BCUT2D eigenvalue weighted by molar-refractivity contribution is 0.0524. The molecule has 2 aromatic heterocycles. The number of piperazine rings is 1. The van der Waals surface area contributed by atoms with Gasteiger partial charge in [-0.1, -0.05) is 11.6 Å². The third kappa shape index (κ3) is 2.69. The highest BCUT2D eigenvalue weighted by molar-refractivity contribution is 6.30. The molecule has 1 aliphatic rings. The van der Waals surface area contributed by atoms with E-state index in [0.29, 0.717) is 23.8 Å². The fourth-order valence-corrected chi connectivity index (χ4v) is 2.86. The molecule has 112 valence electrons. The molecule has 0 saturated carbocycles. The normalized spacial score (nSPS) is 20.0. The maximum Gasteiger partial charge on any atom is 0.270 e. The first-order valence-corrected chi connectivity index (χ1v) is 7.24. The minimum atomic E-state index is -0.0193. The lowest BCUT2D eigenvalue weighted by atomic mass is 10.1. The third-order valence-corrected chi connectivity index (χ3v) is 4.19. The maximum atomic E-state index is 12.5. The Bertz CT molecular complexity index is 649. The van der Waals surface area contributed by atoms with Gasteiger partial charge in [0.1, 0.15) is 11.5 Å². The van der Waals surface area contributed by atoms with Crippen LogP contribution in [-0.4, -0.2) is 56.9 Å². The van der Waals surface area contributed by atoms with Crippen LogP contribution in [0.1, 0.15) is 22.4 Å². The number of aromatic nitrogens is 3. The number of amides is 1. The lowest BCUT2D eigenvalue weighted by Gasteiger charge is -2.38. The number of hydrogen-bond donors (Lipinski definition) is 1. The number of carbonyl (C=O) groups is 1. The van der Waals surface area contributed by atoms with Crippen LogP contribution in [0.25, 0.3) is 0 Å². The van der Waals surface area contributed by atoms with Crippen LogP contribution in [-0.2, 0) is 7.05 Å². The molecule has 1 fully saturated rings. The smallest absolute Gasteiger partial charge is 0.270 e. The molecule has 1 saturated heterocycles. The van der Waals surface area contributed by atoms with E-state index < -0.39 is 0 Å². The van der Waals surface area contributed by atoms with E-state index >= 15 is 0 Å². The molecule has 0 spiro atoms. The van der Waals surface area contributed by atoms with E-state index in [2.05, 4.69) is 21.9 Å². The Morgan fingerprint density at radius 2 is 2.24 bits per heavy atom. The number of halogens is 1. The Kier molecular flexibility index (Phi) is 3.73. The highest BCUT2D eigenvalue weighted by Gasteiger charge is 2.31. The third-order valence-electron chi connectivity index (χ3n) is 3.97. The predicted octanol–water partition coefficient (Wildman–Crippen LogP) is 1.53. The number of aromatic amines is 1. The number of nitrogens with one attached hydrogen (secondary N) is 1. The largest absolute Gasteiger partial charge is 0.356 e. The molecule has 3 heterocycles. The summed E-state index contributed by atoms with van der Waals surface area (Å²) in [6.45, 7) is 2.14. The van der Waals surface area contributed by atoms with Gasteiger partial charge >= 0.3 is 0 Å². The van der Waals surface area contributed by atoms with Gasteiger partial charge in [-0.25, -0.2) is 4.98 Å². The van der Waals surface area contributed by atoms with Gasteiger partial charge in [-0.3, -0.25) is 9.69 Å². The summed E-state index contributed by atoms with van der Waals surface area (Å²) in [6, 6.07) is 1.77. The van der Waals surface area contributed by atoms with Crippen molar-refractivity contribution in [2.45, 2.75) is 6.04 Å². The minimum Gasteiger partial charge on any atom is -0.356 e. The highest BCUT2D eigenvalue weighted by atomic mass is 35.5. The summed E-state index contributed by atoms with van der Waals surface area (Å²) < 4.78 is 2.00. The highest BCUT2D eigenvalue weighted by Crippen LogP contribution is 2.23. The van der Waals surface area contributed by atoms with E-state index in [0.717, 1.165) is 12.4 Å². The van der Waals surface area contributed by atoms with Crippen LogP contribution in [0, 0.1) is 0 Å². The minimum absolute atomic E-state index is 0.0193. The second-order valence-corrected chi connectivity index (χ2v) is 5.81. The van der Waals surface area contributed by atoms with Crippen molar-refractivity contribution >= 4 is 17.5 Å². The number of hydrogen-bond acceptors (Lipinski definition) is 3. The molecule has 1 amide bonds. The van der Waals surface area contributed by atoms with Crippen LogP contribution in [0.15, 0.2) is 24.7 Å². The van der Waals surface area contributed by atoms with E-state index in [9.17, 15) is 4.79 Å². The van der Waals surface area contributed by atoms with E-state index in [1.54, 1.807) is 18.5 Å². The van der Waals surface area contributed by atoms with Gasteiger partial charge in [-0.05, 0) is 13.1 Å². The first kappa shape index (κ1) is 14.2. The molecule has 3 rings (SSSR count). The van der Waals surface area contributed by atoms with Crippen LogP contribution in [0.2, 0.25) is 5.02 Å². The molecule has 1 unspecified atom stereocenters. The zero-order chi connectivity index (χ0) is 15.0. The Balaban J connectivity index is 1.80. The summed E-state index contributed by atoms with van der Waals surface area (Å²) in [4.78, 5) is 23.9. The number of nitrogens with zero attached hydrogens (tertiary/aromatic N) is 4. The molecule has 0 bridgehead atoms. The van der Waals surface area contributed by atoms with Crippen LogP contribution in [0.4, 0.5) is 0 Å². The SMILES string of the molecule is CN1CCN(C(=O)c2cc(Cl)c[nH]2)CC1c1nccn1C. The molecule has 0 aliphatic carbocycles. The molecule has 7 heteroatoms. The number of aryl methyl sites for hydroxylation is 1. The van der Waals surface area contributed by atoms with E-state index in [-0.39, 0.29) is 11.9 Å². The van der Waals surface area contributed by atoms with Gasteiger partial charge < -0.3 is 14.5 Å². The average molecular weight is 308 g/mol. The van der Waals surface area contributed by atoms with E-state index in [1.165, 1.54) is 0 Å². The van der Waals surface area contributed by atoms with Crippen molar-refractivity contribution in [3.05, 3.63) is 41.2 Å². The number of imidazole rings is 1. The molecule has 0 aromatic carbocycles. The van der Waals surface area contributed by atoms with Crippen LogP contribution < -0.4 is 0 Å². The Morgan fingerprint density at radius 1 is 1.43 bits per heavy atom. The Hall–Kier alpha value is -1.79. The molecule has 6 nitrogen and oxygen atoms in total. The topological polar surface area (TPSA) is 57.2 Å². The molecule has 1 atom stereocenters. The second kappa shape index (κ2) is 5.54. The molecule has 0 radical (unpaired) electrons. The van der Waals surface area contributed by atoms with Crippen molar-refractivity contribution in [2.24, 2.45) is 7.05 Å². The van der Waals surface area contributed by atoms with Gasteiger partial charge in [0.05, 0.1) is 11.1 Å². The number of H-pyrrole nitrogens is 1. The van der Waals surface area contributed by atoms with Crippen molar-refractivity contribution in [3.63, 3.8) is 0 Å². The van der Waals surface area contributed by atoms with Crippen molar-refractivity contribution in [1.82, 2.24) is 24.3 Å². The van der Waals surface area contributed by atoms with Gasteiger partial charge in [0.25, 0.3) is 5.91 Å². The summed E-state index contributed by atoms with van der Waals surface area (Å²) >= 11 is 5.87. The summed E-state index contributed by atoms with van der Waals surface area (Å²) in [6.07, 6.45) is 5.34. The van der Waals surface area contributed by atoms with Crippen molar-refractivity contribution in [1.29, 1.82) is 0 Å². The first-order valence-electron chi connectivity index (χ1n) is 6.87. The fourth-order valence-electron chi connectivity index (χ4n) is 2.70. The van der Waals surface area contributed by atoms with Crippen LogP contribution >= 0.6 is 11.6 Å². The van der Waals surface area contributed by atoms with Crippen molar-refractivity contribution in [2.75, 3.05) is 26.7 Å². The molecular formula is C14H18ClN5O. The number of rotatable bonds is 2. The summed E-state index contributed by atoms with van der Waals surface area (Å²) in [5.74, 6) is 0.953. The van der Waals surface area contributed by atoms with Crippen LogP contribution in [0.3, 0.4) is 0 Å². The van der Waals surface area contributed by atoms with E-state index in [1.807, 2.05) is 22.7 Å². The van der Waals surface area contributed by atoms with Gasteiger partial charge in [0.15, 0.2) is 0 Å². The number of likely N-dealkylation sites (N-methyl/N-ethyl adjacent to an activating group) is 1. The summed E-state index contributed by atoms with van der Waals surface area (Å²) in [5.41, 5.74) is 0.531. The zero-order valence-corrected chi connectivity index (χ0v) is 12.8.